The van der Waals surface area contributed by atoms with Crippen molar-refractivity contribution in [3.05, 3.63) is 35.4 Å². The van der Waals surface area contributed by atoms with E-state index in [1.807, 2.05) is 13.8 Å². The van der Waals surface area contributed by atoms with Gasteiger partial charge in [-0.3, -0.25) is 0 Å². The Balaban J connectivity index is 2.69. The molecule has 0 N–H and O–H groups in total. The lowest BCUT2D eigenvalue weighted by atomic mass is 10.1. The van der Waals surface area contributed by atoms with E-state index in [4.69, 9.17) is 11.6 Å². The molecule has 0 unspecified atom stereocenters. The van der Waals surface area contributed by atoms with E-state index in [1.165, 1.54) is 4.57 Å². The van der Waals surface area contributed by atoms with Crippen LogP contribution in [-0.2, 0) is 5.88 Å². The third-order valence-electron chi connectivity index (χ3n) is 2.63. The molecule has 7 heteroatoms. The van der Waals surface area contributed by atoms with Gasteiger partial charge in [0, 0.05) is 18.2 Å². The zero-order chi connectivity index (χ0) is 14.2. The summed E-state index contributed by atoms with van der Waals surface area (Å²) >= 11 is 5.71. The third-order valence-corrected chi connectivity index (χ3v) is 2.87. The van der Waals surface area contributed by atoms with Gasteiger partial charge in [0.15, 0.2) is 5.82 Å². The molecule has 0 amide bonds. The summed E-state index contributed by atoms with van der Waals surface area (Å²) in [5.41, 5.74) is -0.404. The first-order chi connectivity index (χ1) is 8.95. The number of halogens is 4. The van der Waals surface area contributed by atoms with Gasteiger partial charge >= 0.3 is 0 Å². The molecule has 0 aliphatic carbocycles. The maximum Gasteiger partial charge on any atom is 0.170 e. The molecule has 1 aromatic heterocycles. The lowest BCUT2D eigenvalue weighted by Gasteiger charge is -2.13. The molecule has 0 bridgehead atoms. The predicted molar refractivity (Wildman–Crippen MR) is 65.3 cm³/mol. The van der Waals surface area contributed by atoms with E-state index >= 15 is 0 Å². The van der Waals surface area contributed by atoms with Crippen LogP contribution in [0.15, 0.2) is 12.1 Å². The van der Waals surface area contributed by atoms with Gasteiger partial charge in [-0.25, -0.2) is 13.2 Å². The molecule has 0 aliphatic rings. The van der Waals surface area contributed by atoms with Crippen LogP contribution in [0, 0.1) is 17.5 Å². The standard InChI is InChI=1S/C12H11ClF3N3/c1-6(2)19-10(5-13)17-18-12(19)11-8(15)3-7(14)4-9(11)16/h3-4,6H,5H2,1-2H3. The Morgan fingerprint density at radius 2 is 1.74 bits per heavy atom. The van der Waals surface area contributed by atoms with Crippen LogP contribution in [0.2, 0.25) is 0 Å². The fourth-order valence-corrected chi connectivity index (χ4v) is 2.07. The van der Waals surface area contributed by atoms with Crippen molar-refractivity contribution in [2.45, 2.75) is 25.8 Å². The van der Waals surface area contributed by atoms with Gasteiger partial charge in [0.1, 0.15) is 23.3 Å². The van der Waals surface area contributed by atoms with E-state index in [-0.39, 0.29) is 17.7 Å². The fraction of sp³-hybridized carbons (Fsp3) is 0.333. The Morgan fingerprint density at radius 1 is 1.16 bits per heavy atom. The van der Waals surface area contributed by atoms with E-state index in [0.29, 0.717) is 18.0 Å². The molecule has 0 saturated heterocycles. The van der Waals surface area contributed by atoms with Crippen molar-refractivity contribution >= 4 is 11.6 Å². The van der Waals surface area contributed by atoms with Gasteiger partial charge in [-0.2, -0.15) is 0 Å². The Bertz CT molecular complexity index is 587. The normalized spacial score (nSPS) is 11.3. The predicted octanol–water partition coefficient (Wildman–Crippen LogP) is 3.68. The molecule has 0 radical (unpaired) electrons. The summed E-state index contributed by atoms with van der Waals surface area (Å²) in [6.07, 6.45) is 0. The highest BCUT2D eigenvalue weighted by Crippen LogP contribution is 2.28. The molecule has 19 heavy (non-hydrogen) atoms. The Hall–Kier alpha value is -1.56. The lowest BCUT2D eigenvalue weighted by molar-refractivity contribution is 0.538. The SMILES string of the molecule is CC(C)n1c(CCl)nnc1-c1c(F)cc(F)cc1F. The average molecular weight is 290 g/mol. The molecule has 0 fully saturated rings. The zero-order valence-electron chi connectivity index (χ0n) is 10.3. The van der Waals surface area contributed by atoms with Crippen molar-refractivity contribution < 1.29 is 13.2 Å². The molecule has 1 heterocycles. The summed E-state index contributed by atoms with van der Waals surface area (Å²) in [4.78, 5) is 0. The largest absolute Gasteiger partial charge is 0.307 e. The molecule has 1 aromatic carbocycles. The molecule has 0 saturated carbocycles. The molecule has 3 nitrogen and oxygen atoms in total. The van der Waals surface area contributed by atoms with Crippen LogP contribution in [0.1, 0.15) is 25.7 Å². The Morgan fingerprint density at radius 3 is 2.21 bits per heavy atom. The first-order valence-corrected chi connectivity index (χ1v) is 6.13. The average Bonchev–Trinajstić information content (AvgIpc) is 2.71. The molecule has 0 aliphatic heterocycles. The number of hydrogen-bond acceptors (Lipinski definition) is 2. The number of hydrogen-bond donors (Lipinski definition) is 0. The molecule has 2 rings (SSSR count). The minimum Gasteiger partial charge on any atom is -0.307 e. The summed E-state index contributed by atoms with van der Waals surface area (Å²) in [5.74, 6) is -2.56. The van der Waals surface area contributed by atoms with Gasteiger partial charge in [-0.15, -0.1) is 21.8 Å². The van der Waals surface area contributed by atoms with Gasteiger partial charge in [0.25, 0.3) is 0 Å². The van der Waals surface area contributed by atoms with E-state index in [0.717, 1.165) is 0 Å². The topological polar surface area (TPSA) is 30.7 Å². The highest BCUT2D eigenvalue weighted by molar-refractivity contribution is 6.16. The van der Waals surface area contributed by atoms with E-state index in [9.17, 15) is 13.2 Å². The second kappa shape index (κ2) is 5.21. The van der Waals surface area contributed by atoms with Gasteiger partial charge in [0.2, 0.25) is 0 Å². The highest BCUT2D eigenvalue weighted by atomic mass is 35.5. The van der Waals surface area contributed by atoms with Crippen LogP contribution in [0.3, 0.4) is 0 Å². The van der Waals surface area contributed by atoms with Crippen LogP contribution in [0.25, 0.3) is 11.4 Å². The molecular formula is C12H11ClF3N3. The van der Waals surface area contributed by atoms with Crippen molar-refractivity contribution in [3.8, 4) is 11.4 Å². The lowest BCUT2D eigenvalue weighted by Crippen LogP contribution is -2.08. The van der Waals surface area contributed by atoms with Crippen molar-refractivity contribution in [3.63, 3.8) is 0 Å². The third kappa shape index (κ3) is 2.45. The fourth-order valence-electron chi connectivity index (χ4n) is 1.88. The maximum atomic E-state index is 13.8. The van der Waals surface area contributed by atoms with Crippen LogP contribution in [-0.4, -0.2) is 14.8 Å². The summed E-state index contributed by atoms with van der Waals surface area (Å²) < 4.78 is 41.9. The minimum atomic E-state index is -1.02. The molecule has 0 atom stereocenters. The van der Waals surface area contributed by atoms with Gasteiger partial charge < -0.3 is 4.57 Å². The summed E-state index contributed by atoms with van der Waals surface area (Å²) in [5, 5.41) is 7.55. The van der Waals surface area contributed by atoms with Crippen molar-refractivity contribution in [2.75, 3.05) is 0 Å². The number of aromatic nitrogens is 3. The van der Waals surface area contributed by atoms with Crippen LogP contribution in [0.5, 0.6) is 0 Å². The summed E-state index contributed by atoms with van der Waals surface area (Å²) in [6.45, 7) is 3.62. The van der Waals surface area contributed by atoms with E-state index in [2.05, 4.69) is 10.2 Å². The number of benzene rings is 1. The van der Waals surface area contributed by atoms with Crippen molar-refractivity contribution in [1.82, 2.24) is 14.8 Å². The minimum absolute atomic E-state index is 0.000602. The van der Waals surface area contributed by atoms with Gasteiger partial charge in [0.05, 0.1) is 11.4 Å². The van der Waals surface area contributed by atoms with Crippen LogP contribution in [0.4, 0.5) is 13.2 Å². The molecular weight excluding hydrogens is 279 g/mol. The van der Waals surface area contributed by atoms with Crippen molar-refractivity contribution in [1.29, 1.82) is 0 Å². The molecule has 2 aromatic rings. The Kier molecular flexibility index (Phi) is 3.80. The molecule has 102 valence electrons. The summed E-state index contributed by atoms with van der Waals surface area (Å²) in [6, 6.07) is 1.08. The molecule has 0 spiro atoms. The second-order valence-electron chi connectivity index (χ2n) is 4.28. The zero-order valence-corrected chi connectivity index (χ0v) is 11.0. The first kappa shape index (κ1) is 13.9. The van der Waals surface area contributed by atoms with Gasteiger partial charge in [-0.1, -0.05) is 0 Å². The maximum absolute atomic E-state index is 13.8. The number of nitrogens with zero attached hydrogens (tertiary/aromatic N) is 3. The second-order valence-corrected chi connectivity index (χ2v) is 4.55. The van der Waals surface area contributed by atoms with Crippen molar-refractivity contribution in [2.24, 2.45) is 0 Å². The number of rotatable bonds is 3. The first-order valence-electron chi connectivity index (χ1n) is 5.60. The highest BCUT2D eigenvalue weighted by Gasteiger charge is 2.22. The summed E-state index contributed by atoms with van der Waals surface area (Å²) in [7, 11) is 0. The van der Waals surface area contributed by atoms with E-state index in [1.54, 1.807) is 0 Å². The van der Waals surface area contributed by atoms with Gasteiger partial charge in [-0.05, 0) is 13.8 Å². The van der Waals surface area contributed by atoms with Crippen LogP contribution < -0.4 is 0 Å². The van der Waals surface area contributed by atoms with E-state index < -0.39 is 23.0 Å². The van der Waals surface area contributed by atoms with Crippen LogP contribution >= 0.6 is 11.6 Å². The Labute approximate surface area is 113 Å². The number of alkyl halides is 1. The quantitative estimate of drug-likeness (QED) is 0.807. The monoisotopic (exact) mass is 289 g/mol. The smallest absolute Gasteiger partial charge is 0.170 e.